The van der Waals surface area contributed by atoms with Crippen molar-refractivity contribution in [3.05, 3.63) is 29.6 Å². The molecule has 6 heteroatoms. The van der Waals surface area contributed by atoms with Gasteiger partial charge < -0.3 is 15.6 Å². The Kier molecular flexibility index (Phi) is 3.44. The first-order chi connectivity index (χ1) is 7.41. The number of carboxylic acid groups (broad SMARTS) is 1. The van der Waals surface area contributed by atoms with Gasteiger partial charge >= 0.3 is 5.97 Å². The molecule has 1 amide bonds. The lowest BCUT2D eigenvalue weighted by molar-refractivity contribution is -0.144. The molecule has 0 aliphatic rings. The van der Waals surface area contributed by atoms with Crippen LogP contribution in [-0.4, -0.2) is 23.1 Å². The lowest BCUT2D eigenvalue weighted by atomic mass is 10.2. The number of aliphatic carboxylic acids is 1. The van der Waals surface area contributed by atoms with Crippen LogP contribution in [0.3, 0.4) is 0 Å². The molecule has 0 aliphatic carbocycles. The summed E-state index contributed by atoms with van der Waals surface area (Å²) in [6.07, 6.45) is -1.10. The third-order valence-corrected chi connectivity index (χ3v) is 1.87. The first kappa shape index (κ1) is 12.0. The number of amides is 1. The van der Waals surface area contributed by atoms with Crippen molar-refractivity contribution < 1.29 is 23.8 Å². The Morgan fingerprint density at radius 2 is 2.12 bits per heavy atom. The van der Waals surface area contributed by atoms with Crippen LogP contribution in [0.4, 0.5) is 4.39 Å². The molecule has 3 N–H and O–H groups in total. The Bertz CT molecular complexity index is 433. The molecule has 0 radical (unpaired) electrons. The van der Waals surface area contributed by atoms with Crippen LogP contribution in [-0.2, 0) is 4.79 Å². The molecule has 0 spiro atoms. The molecule has 0 aliphatic heterocycles. The molecular formula is C10H10FNO4. The largest absolute Gasteiger partial charge is 0.479 e. The zero-order valence-electron chi connectivity index (χ0n) is 8.44. The SMILES string of the molecule is C[C@@H](Oc1ccc(C(N)=O)c(F)c1)C(=O)O. The van der Waals surface area contributed by atoms with Crippen molar-refractivity contribution in [3.8, 4) is 5.75 Å². The van der Waals surface area contributed by atoms with E-state index >= 15 is 0 Å². The molecule has 86 valence electrons. The molecule has 1 rings (SSSR count). The van der Waals surface area contributed by atoms with Crippen LogP contribution in [0.15, 0.2) is 18.2 Å². The van der Waals surface area contributed by atoms with Crippen LogP contribution in [0.1, 0.15) is 17.3 Å². The molecule has 0 heterocycles. The summed E-state index contributed by atoms with van der Waals surface area (Å²) in [4.78, 5) is 21.2. The lowest BCUT2D eigenvalue weighted by Gasteiger charge is -2.10. The van der Waals surface area contributed by atoms with Gasteiger partial charge in [-0.25, -0.2) is 9.18 Å². The number of primary amides is 1. The number of rotatable bonds is 4. The van der Waals surface area contributed by atoms with Crippen LogP contribution in [0.5, 0.6) is 5.75 Å². The second-order valence-electron chi connectivity index (χ2n) is 3.10. The van der Waals surface area contributed by atoms with Gasteiger partial charge in [0.15, 0.2) is 6.10 Å². The number of ether oxygens (including phenoxy) is 1. The predicted molar refractivity (Wildman–Crippen MR) is 52.6 cm³/mol. The molecule has 0 aromatic heterocycles. The highest BCUT2D eigenvalue weighted by molar-refractivity contribution is 5.93. The molecule has 1 aromatic rings. The Morgan fingerprint density at radius 1 is 1.50 bits per heavy atom. The highest BCUT2D eigenvalue weighted by atomic mass is 19.1. The molecule has 0 saturated heterocycles. The molecule has 0 fully saturated rings. The van der Waals surface area contributed by atoms with Crippen LogP contribution in [0, 0.1) is 5.82 Å². The van der Waals surface area contributed by atoms with E-state index in [0.29, 0.717) is 0 Å². The van der Waals surface area contributed by atoms with Crippen LogP contribution < -0.4 is 10.5 Å². The number of carboxylic acids is 1. The number of carbonyl (C=O) groups excluding carboxylic acids is 1. The van der Waals surface area contributed by atoms with E-state index in [1.165, 1.54) is 13.0 Å². The number of carbonyl (C=O) groups is 2. The van der Waals surface area contributed by atoms with Crippen molar-refractivity contribution in [1.29, 1.82) is 0 Å². The van der Waals surface area contributed by atoms with E-state index in [1.807, 2.05) is 0 Å². The number of hydrogen-bond donors (Lipinski definition) is 2. The van der Waals surface area contributed by atoms with E-state index in [9.17, 15) is 14.0 Å². The first-order valence-corrected chi connectivity index (χ1v) is 4.40. The van der Waals surface area contributed by atoms with Gasteiger partial charge in [-0.2, -0.15) is 0 Å². The summed E-state index contributed by atoms with van der Waals surface area (Å²) in [6, 6.07) is 3.34. The van der Waals surface area contributed by atoms with Gasteiger partial charge in [0, 0.05) is 6.07 Å². The predicted octanol–water partition coefficient (Wildman–Crippen LogP) is 0.777. The zero-order valence-corrected chi connectivity index (χ0v) is 8.44. The van der Waals surface area contributed by atoms with Crippen LogP contribution >= 0.6 is 0 Å². The van der Waals surface area contributed by atoms with Gasteiger partial charge in [-0.05, 0) is 19.1 Å². The second-order valence-corrected chi connectivity index (χ2v) is 3.10. The van der Waals surface area contributed by atoms with E-state index in [-0.39, 0.29) is 11.3 Å². The average Bonchev–Trinajstić information content (AvgIpc) is 2.16. The minimum atomic E-state index is -1.17. The fraction of sp³-hybridized carbons (Fsp3) is 0.200. The second kappa shape index (κ2) is 4.61. The minimum Gasteiger partial charge on any atom is -0.479 e. The Morgan fingerprint density at radius 3 is 2.56 bits per heavy atom. The maximum atomic E-state index is 13.2. The van der Waals surface area contributed by atoms with E-state index in [1.54, 1.807) is 0 Å². The molecule has 0 bridgehead atoms. The summed E-state index contributed by atoms with van der Waals surface area (Å²) in [5, 5.41) is 8.56. The number of halogens is 1. The standard InChI is InChI=1S/C10H10FNO4/c1-5(10(14)15)16-6-2-3-7(9(12)13)8(11)4-6/h2-5H,1H3,(H2,12,13)(H,14,15)/t5-/m1/s1. The average molecular weight is 227 g/mol. The van der Waals surface area contributed by atoms with Gasteiger partial charge in [-0.1, -0.05) is 0 Å². The van der Waals surface area contributed by atoms with Crippen LogP contribution in [0.2, 0.25) is 0 Å². The van der Waals surface area contributed by atoms with Gasteiger partial charge in [0.05, 0.1) is 5.56 Å². The van der Waals surface area contributed by atoms with E-state index in [4.69, 9.17) is 15.6 Å². The van der Waals surface area contributed by atoms with Crippen molar-refractivity contribution in [2.75, 3.05) is 0 Å². The molecule has 0 saturated carbocycles. The number of benzene rings is 1. The fourth-order valence-electron chi connectivity index (χ4n) is 1.02. The smallest absolute Gasteiger partial charge is 0.344 e. The topological polar surface area (TPSA) is 89.6 Å². The van der Waals surface area contributed by atoms with Gasteiger partial charge in [-0.15, -0.1) is 0 Å². The normalized spacial score (nSPS) is 11.9. The third kappa shape index (κ3) is 2.69. The molecule has 1 atom stereocenters. The lowest BCUT2D eigenvalue weighted by Crippen LogP contribution is -2.23. The maximum absolute atomic E-state index is 13.2. The van der Waals surface area contributed by atoms with Crippen molar-refractivity contribution in [2.45, 2.75) is 13.0 Å². The number of nitrogens with two attached hydrogens (primary N) is 1. The Labute approximate surface area is 90.6 Å². The van der Waals surface area contributed by atoms with Crippen molar-refractivity contribution in [2.24, 2.45) is 5.73 Å². The summed E-state index contributed by atoms with van der Waals surface area (Å²) in [5.41, 5.74) is 4.63. The van der Waals surface area contributed by atoms with Crippen molar-refractivity contribution in [3.63, 3.8) is 0 Å². The quantitative estimate of drug-likeness (QED) is 0.795. The Balaban J connectivity index is 2.89. The molecular weight excluding hydrogens is 217 g/mol. The molecule has 1 aromatic carbocycles. The zero-order chi connectivity index (χ0) is 12.3. The van der Waals surface area contributed by atoms with Gasteiger partial charge in [0.25, 0.3) is 5.91 Å². The monoisotopic (exact) mass is 227 g/mol. The first-order valence-electron chi connectivity index (χ1n) is 4.40. The van der Waals surface area contributed by atoms with Crippen molar-refractivity contribution in [1.82, 2.24) is 0 Å². The summed E-state index contributed by atoms with van der Waals surface area (Å²) >= 11 is 0. The summed E-state index contributed by atoms with van der Waals surface area (Å²) in [5.74, 6) is -2.88. The van der Waals surface area contributed by atoms with E-state index in [0.717, 1.165) is 12.1 Å². The fourth-order valence-corrected chi connectivity index (χ4v) is 1.02. The molecule has 16 heavy (non-hydrogen) atoms. The summed E-state index contributed by atoms with van der Waals surface area (Å²) in [6.45, 7) is 1.31. The number of hydrogen-bond acceptors (Lipinski definition) is 3. The minimum absolute atomic E-state index is 0.0254. The molecule has 0 unspecified atom stereocenters. The summed E-state index contributed by atoms with van der Waals surface area (Å²) < 4.78 is 18.1. The van der Waals surface area contributed by atoms with Crippen LogP contribution in [0.25, 0.3) is 0 Å². The maximum Gasteiger partial charge on any atom is 0.344 e. The Hall–Kier alpha value is -2.11. The third-order valence-electron chi connectivity index (χ3n) is 1.87. The molecule has 5 nitrogen and oxygen atoms in total. The van der Waals surface area contributed by atoms with Gasteiger partial charge in [0.1, 0.15) is 11.6 Å². The highest BCUT2D eigenvalue weighted by Crippen LogP contribution is 2.17. The van der Waals surface area contributed by atoms with E-state index < -0.39 is 23.8 Å². The van der Waals surface area contributed by atoms with Crippen molar-refractivity contribution >= 4 is 11.9 Å². The highest BCUT2D eigenvalue weighted by Gasteiger charge is 2.14. The van der Waals surface area contributed by atoms with Gasteiger partial charge in [0.2, 0.25) is 0 Å². The van der Waals surface area contributed by atoms with Gasteiger partial charge in [-0.3, -0.25) is 4.79 Å². The summed E-state index contributed by atoms with van der Waals surface area (Å²) in [7, 11) is 0. The van der Waals surface area contributed by atoms with E-state index in [2.05, 4.69) is 0 Å².